The van der Waals surface area contributed by atoms with Crippen molar-refractivity contribution in [1.29, 1.82) is 0 Å². The van der Waals surface area contributed by atoms with Crippen molar-refractivity contribution in [3.8, 4) is 0 Å². The number of fused-ring (bicyclic) bond motifs is 2. The van der Waals surface area contributed by atoms with Gasteiger partial charge in [0.2, 0.25) is 0 Å². The van der Waals surface area contributed by atoms with Crippen LogP contribution >= 0.6 is 24.0 Å². The molecule has 0 amide bonds. The second kappa shape index (κ2) is 22.9. The lowest BCUT2D eigenvalue weighted by atomic mass is 9.81. The smallest absolute Gasteiger partial charge is 0.327 e. The summed E-state index contributed by atoms with van der Waals surface area (Å²) in [6.07, 6.45) is 36.0. The summed E-state index contributed by atoms with van der Waals surface area (Å²) < 4.78 is 2.97. The fourth-order valence-corrected chi connectivity index (χ4v) is 10.7. The number of thioether (sulfide) groups is 1. The maximum atomic E-state index is 10.6. The molecule has 4 aliphatic rings. The Morgan fingerprint density at radius 2 is 1.46 bits per heavy atom. The van der Waals surface area contributed by atoms with E-state index in [0.717, 1.165) is 77.0 Å². The van der Waals surface area contributed by atoms with E-state index in [2.05, 4.69) is 156 Å². The molecule has 6 rings (SSSR count). The number of unbranched alkanes of at least 4 members (excludes halogenated alkanes) is 13. The zero-order chi connectivity index (χ0) is 46.6. The monoisotopic (exact) mass is 917 g/mol. The average Bonchev–Trinajstić information content (AvgIpc) is 3.68. The first kappa shape index (κ1) is 50.0. The number of carboxylic acid groups (broad SMARTS) is 1. The zero-order valence-corrected chi connectivity index (χ0v) is 42.4. The van der Waals surface area contributed by atoms with Crippen molar-refractivity contribution in [3.63, 3.8) is 0 Å². The van der Waals surface area contributed by atoms with Gasteiger partial charge >= 0.3 is 11.8 Å². The first-order valence-electron chi connectivity index (χ1n) is 24.3. The molecule has 65 heavy (non-hydrogen) atoms. The SMILES string of the molecule is CN1C=CC=C2C1=NC(=CC=C1C[N+](C)(C)CC(C=CC3=Nc4c(ccc[n+]4C)C3(C)C)=C1Sc1ccc(NC(=S)CCCCCCCCCCCCCCCCC(=O)O)cc1)C2(C)C. The van der Waals surface area contributed by atoms with Crippen molar-refractivity contribution in [3.05, 3.63) is 118 Å². The number of rotatable bonds is 23. The molecule has 8 nitrogen and oxygen atoms in total. The summed E-state index contributed by atoms with van der Waals surface area (Å²) in [6, 6.07) is 13.1. The molecule has 0 fully saturated rings. The predicted molar refractivity (Wildman–Crippen MR) is 278 cm³/mol. The highest BCUT2D eigenvalue weighted by Crippen LogP contribution is 2.45. The lowest BCUT2D eigenvalue weighted by molar-refractivity contribution is -0.881. The highest BCUT2D eigenvalue weighted by Gasteiger charge is 2.42. The van der Waals surface area contributed by atoms with Gasteiger partial charge in [-0.1, -0.05) is 127 Å². The molecule has 0 radical (unpaired) electrons. The molecular weight excluding hydrogens is 841 g/mol. The Morgan fingerprint density at radius 1 is 0.846 bits per heavy atom. The molecule has 0 saturated heterocycles. The molecule has 0 bridgehead atoms. The molecule has 2 N–H and O–H groups in total. The van der Waals surface area contributed by atoms with Gasteiger partial charge in [-0.05, 0) is 98.8 Å². The first-order valence-corrected chi connectivity index (χ1v) is 25.5. The normalized spacial score (nSPS) is 19.4. The largest absolute Gasteiger partial charge is 0.481 e. The number of carboxylic acids is 1. The fourth-order valence-electron chi connectivity index (χ4n) is 9.44. The number of quaternary nitrogens is 1. The van der Waals surface area contributed by atoms with Crippen LogP contribution in [0.5, 0.6) is 0 Å². The third-order valence-electron chi connectivity index (χ3n) is 13.4. The molecule has 0 atom stereocenters. The zero-order valence-electron chi connectivity index (χ0n) is 40.7. The Kier molecular flexibility index (Phi) is 17.6. The van der Waals surface area contributed by atoms with Crippen molar-refractivity contribution in [2.75, 3.05) is 39.5 Å². The number of aryl methyl sites for hydroxylation is 1. The third-order valence-corrected chi connectivity index (χ3v) is 15.0. The number of likely N-dealkylation sites (N-methyl/N-ethyl adjacent to an activating group) is 2. The van der Waals surface area contributed by atoms with Gasteiger partial charge in [-0.15, -0.1) is 0 Å². The van der Waals surface area contributed by atoms with Crippen molar-refractivity contribution >= 4 is 58.0 Å². The van der Waals surface area contributed by atoms with Gasteiger partial charge in [0.15, 0.2) is 5.71 Å². The minimum Gasteiger partial charge on any atom is -0.481 e. The number of aliphatic carboxylic acids is 1. The first-order chi connectivity index (χ1) is 31.0. The van der Waals surface area contributed by atoms with Gasteiger partial charge in [-0.25, -0.2) is 9.56 Å². The lowest BCUT2D eigenvalue weighted by Gasteiger charge is -2.37. The van der Waals surface area contributed by atoms with E-state index in [-0.39, 0.29) is 10.8 Å². The predicted octanol–water partition coefficient (Wildman–Crippen LogP) is 13.3. The molecule has 0 saturated carbocycles. The summed E-state index contributed by atoms with van der Waals surface area (Å²) >= 11 is 7.67. The maximum Gasteiger partial charge on any atom is 0.327 e. The maximum absolute atomic E-state index is 10.6. The van der Waals surface area contributed by atoms with Gasteiger partial charge in [-0.2, -0.15) is 0 Å². The van der Waals surface area contributed by atoms with Crippen molar-refractivity contribution < 1.29 is 19.0 Å². The highest BCUT2D eigenvalue weighted by atomic mass is 32.2. The summed E-state index contributed by atoms with van der Waals surface area (Å²) in [4.78, 5) is 26.5. The Morgan fingerprint density at radius 3 is 2.06 bits per heavy atom. The van der Waals surface area contributed by atoms with Crippen LogP contribution in [0.2, 0.25) is 0 Å². The average molecular weight is 917 g/mol. The second-order valence-electron chi connectivity index (χ2n) is 20.3. The number of carbonyl (C=O) groups is 1. The van der Waals surface area contributed by atoms with E-state index >= 15 is 0 Å². The van der Waals surface area contributed by atoms with Crippen LogP contribution in [0.15, 0.2) is 127 Å². The van der Waals surface area contributed by atoms with Crippen LogP contribution in [-0.2, 0) is 17.3 Å². The Balaban J connectivity index is 1.07. The summed E-state index contributed by atoms with van der Waals surface area (Å²) in [5, 5.41) is 12.3. The molecule has 1 aromatic heterocycles. The van der Waals surface area contributed by atoms with Crippen LogP contribution in [0.1, 0.15) is 136 Å². The van der Waals surface area contributed by atoms with Gasteiger partial charge in [-0.3, -0.25) is 4.79 Å². The van der Waals surface area contributed by atoms with Gasteiger partial charge < -0.3 is 19.8 Å². The lowest BCUT2D eigenvalue weighted by Crippen LogP contribution is -2.45. The number of allylic oxidation sites excluding steroid dienone is 6. The number of thiocarbonyl (C=S) groups is 1. The van der Waals surface area contributed by atoms with Gasteiger partial charge in [0, 0.05) is 57.3 Å². The van der Waals surface area contributed by atoms with E-state index in [0.29, 0.717) is 6.42 Å². The Hall–Kier alpha value is -4.38. The number of aliphatic imine (C=N–C) groups is 2. The quantitative estimate of drug-likeness (QED) is 0.0500. The van der Waals surface area contributed by atoms with Gasteiger partial charge in [0.1, 0.15) is 18.9 Å². The van der Waals surface area contributed by atoms with Crippen molar-refractivity contribution in [2.45, 2.75) is 141 Å². The van der Waals surface area contributed by atoms with Crippen LogP contribution < -0.4 is 9.88 Å². The summed E-state index contributed by atoms with van der Waals surface area (Å²) in [6.45, 7) is 10.9. The number of benzene rings is 1. The van der Waals surface area contributed by atoms with Crippen LogP contribution in [0.3, 0.4) is 0 Å². The van der Waals surface area contributed by atoms with E-state index in [1.54, 1.807) is 0 Å². The summed E-state index contributed by atoms with van der Waals surface area (Å²) in [7, 11) is 8.81. The third kappa shape index (κ3) is 13.6. The topological polar surface area (TPSA) is 81.2 Å². The molecule has 0 spiro atoms. The standard InChI is InChI=1S/C55H74N6O2S2/c1-54(2)45-25-23-37-59(5)52(45)57-47(54)35-29-41-39-61(7,8)40-42(30-36-48-55(3,4)46-26-24-38-60(6)53(46)58-48)51(41)65-44-33-31-43(32-34-44)56-49(64)27-21-19-17-15-13-11-9-10-12-14-16-18-20-22-28-50(62)63/h23-26,29-38H,9-22,27-28,39-40H2,1-8H3/p+2. The number of pyridine rings is 1. The fraction of sp³-hybridized carbons (Fsp3) is 0.509. The van der Waals surface area contributed by atoms with Crippen molar-refractivity contribution in [2.24, 2.45) is 22.4 Å². The molecule has 1 aromatic carbocycles. The molecule has 0 aliphatic carbocycles. The van der Waals surface area contributed by atoms with E-state index in [1.165, 1.54) is 103 Å². The van der Waals surface area contributed by atoms with E-state index in [1.807, 2.05) is 11.8 Å². The molecule has 0 unspecified atom stereocenters. The van der Waals surface area contributed by atoms with Gasteiger partial charge in [0.25, 0.3) is 0 Å². The van der Waals surface area contributed by atoms with E-state index in [9.17, 15) is 4.79 Å². The molecule has 348 valence electrons. The molecule has 5 heterocycles. The van der Waals surface area contributed by atoms with Crippen molar-refractivity contribution in [1.82, 2.24) is 4.90 Å². The van der Waals surface area contributed by atoms with Crippen LogP contribution in [0.4, 0.5) is 11.5 Å². The number of amidine groups is 1. The van der Waals surface area contributed by atoms with Crippen LogP contribution in [0.25, 0.3) is 0 Å². The Labute approximate surface area is 400 Å². The number of anilines is 1. The number of nitrogens with zero attached hydrogens (tertiary/aromatic N) is 5. The van der Waals surface area contributed by atoms with Gasteiger partial charge in [0.05, 0.1) is 49.0 Å². The minimum absolute atomic E-state index is 0.194. The number of hydrogen-bond acceptors (Lipinski definition) is 6. The van der Waals surface area contributed by atoms with Crippen LogP contribution in [0, 0.1) is 5.41 Å². The second-order valence-corrected chi connectivity index (χ2v) is 21.8. The summed E-state index contributed by atoms with van der Waals surface area (Å²) in [5.74, 6) is 1.39. The number of nitrogens with one attached hydrogen (secondary N) is 1. The van der Waals surface area contributed by atoms with E-state index < -0.39 is 5.97 Å². The molecule has 4 aliphatic heterocycles. The van der Waals surface area contributed by atoms with E-state index in [4.69, 9.17) is 27.3 Å². The van der Waals surface area contributed by atoms with Crippen LogP contribution in [-0.4, -0.2) is 71.2 Å². The summed E-state index contributed by atoms with van der Waals surface area (Å²) in [5.41, 5.74) is 7.95. The molecule has 2 aromatic rings. The molecular formula is C55H76N6O2S2+2. The minimum atomic E-state index is -0.672. The molecule has 10 heteroatoms. The Bertz CT molecular complexity index is 2290. The number of hydrogen-bond donors (Lipinski definition) is 2. The highest BCUT2D eigenvalue weighted by molar-refractivity contribution is 8.03. The number of aromatic nitrogens is 1.